The molecule has 4 N–H and O–H groups in total. The first-order valence-corrected chi connectivity index (χ1v) is 6.84. The summed E-state index contributed by atoms with van der Waals surface area (Å²) in [4.78, 5) is 15.1. The zero-order valence-corrected chi connectivity index (χ0v) is 11.7. The van der Waals surface area contributed by atoms with Crippen LogP contribution in [0.2, 0.25) is 0 Å². The highest BCUT2D eigenvalue weighted by Crippen LogP contribution is 2.28. The van der Waals surface area contributed by atoms with Crippen molar-refractivity contribution in [2.24, 2.45) is 0 Å². The fraction of sp³-hybridized carbons (Fsp3) is 0.333. The van der Waals surface area contributed by atoms with E-state index in [4.69, 9.17) is 16.0 Å². The molecule has 1 saturated heterocycles. The van der Waals surface area contributed by atoms with Crippen molar-refractivity contribution in [3.63, 3.8) is 0 Å². The minimum atomic E-state index is -1.79. The summed E-state index contributed by atoms with van der Waals surface area (Å²) in [6, 6.07) is 8.06. The molecule has 1 aliphatic rings. The van der Waals surface area contributed by atoms with Gasteiger partial charge in [-0.1, -0.05) is 18.2 Å². The van der Waals surface area contributed by atoms with Crippen molar-refractivity contribution < 1.29 is 36.1 Å². The van der Waals surface area contributed by atoms with Gasteiger partial charge in [-0.15, -0.1) is 0 Å². The van der Waals surface area contributed by atoms with Gasteiger partial charge in [0.2, 0.25) is 6.29 Å². The van der Waals surface area contributed by atoms with Gasteiger partial charge in [0, 0.05) is 11.6 Å². The van der Waals surface area contributed by atoms with Gasteiger partial charge >= 0.3 is 5.97 Å². The van der Waals surface area contributed by atoms with Crippen LogP contribution in [0.3, 0.4) is 0 Å². The van der Waals surface area contributed by atoms with Crippen LogP contribution in [-0.4, -0.2) is 62.1 Å². The van der Waals surface area contributed by atoms with E-state index >= 15 is 0 Å². The van der Waals surface area contributed by atoms with E-state index in [0.29, 0.717) is 10.9 Å². The molecule has 1 unspecified atom stereocenters. The Bertz CT molecular complexity index is 771. The van der Waals surface area contributed by atoms with Crippen molar-refractivity contribution in [3.8, 4) is 5.75 Å². The number of para-hydroxylation sites is 1. The van der Waals surface area contributed by atoms with Crippen molar-refractivity contribution in [2.75, 3.05) is 0 Å². The Morgan fingerprint density at radius 1 is 1.17 bits per heavy atom. The molecule has 0 spiro atoms. The van der Waals surface area contributed by atoms with E-state index in [2.05, 4.69) is 4.98 Å². The van der Waals surface area contributed by atoms with Crippen LogP contribution in [-0.2, 0) is 9.53 Å². The van der Waals surface area contributed by atoms with Crippen molar-refractivity contribution in [3.05, 3.63) is 36.5 Å². The number of ether oxygens (including phenoxy) is 2. The zero-order chi connectivity index (χ0) is 17.4. The van der Waals surface area contributed by atoms with Gasteiger partial charge in [-0.2, -0.15) is 0 Å². The van der Waals surface area contributed by atoms with Gasteiger partial charge in [-0.05, 0) is 12.1 Å². The molecule has 1 aromatic carbocycles. The molecule has 1 fully saturated rings. The Balaban J connectivity index is 1.92. The number of carbonyl (C=O) groups is 1. The number of aliphatic hydroxyl groups is 3. The highest BCUT2D eigenvalue weighted by Gasteiger charge is 2.48. The summed E-state index contributed by atoms with van der Waals surface area (Å²) in [6.45, 7) is 0. The van der Waals surface area contributed by atoms with Crippen LogP contribution in [0.1, 0.15) is 1.37 Å². The lowest BCUT2D eigenvalue weighted by Gasteiger charge is -2.38. The van der Waals surface area contributed by atoms with E-state index in [0.717, 1.165) is 0 Å². The first kappa shape index (κ1) is 14.3. The molecule has 8 nitrogen and oxygen atoms in total. The molecule has 0 bridgehead atoms. The van der Waals surface area contributed by atoms with Gasteiger partial charge in [0.15, 0.2) is 6.10 Å². The quantitative estimate of drug-likeness (QED) is 0.595. The number of benzene rings is 1. The molecule has 8 heteroatoms. The number of pyridine rings is 1. The second kappa shape index (κ2) is 6.09. The standard InChI is InChI=1S/C15H15NO7/c17-10-11(18)13(14(20)21)23-15(12(10)19)22-8-5-1-3-7-4-2-6-16-9(7)8/h1-6,10-13,15,17-19H,(H,20,21)/t10-,11-,12+,13-,15?/m0/s1/i6D. The maximum absolute atomic E-state index is 11.1. The molecule has 0 amide bonds. The van der Waals surface area contributed by atoms with Crippen LogP contribution >= 0.6 is 0 Å². The van der Waals surface area contributed by atoms with Crippen LogP contribution in [0, 0.1) is 0 Å². The van der Waals surface area contributed by atoms with Crippen molar-refractivity contribution >= 4 is 16.9 Å². The monoisotopic (exact) mass is 322 g/mol. The Morgan fingerprint density at radius 3 is 2.65 bits per heavy atom. The van der Waals surface area contributed by atoms with Crippen molar-refractivity contribution in [1.82, 2.24) is 4.98 Å². The smallest absolute Gasteiger partial charge is 0.335 e. The normalized spacial score (nSPS) is 31.6. The van der Waals surface area contributed by atoms with Crippen LogP contribution in [0.15, 0.2) is 36.5 Å². The molecule has 2 aromatic rings. The van der Waals surface area contributed by atoms with E-state index in [-0.39, 0.29) is 11.9 Å². The maximum Gasteiger partial charge on any atom is 0.335 e. The Morgan fingerprint density at radius 2 is 1.91 bits per heavy atom. The van der Waals surface area contributed by atoms with Crippen LogP contribution in [0.4, 0.5) is 0 Å². The van der Waals surface area contributed by atoms with E-state index < -0.39 is 36.7 Å². The first-order valence-electron chi connectivity index (χ1n) is 7.34. The number of carboxylic acids is 1. The zero-order valence-electron chi connectivity index (χ0n) is 12.7. The predicted molar refractivity (Wildman–Crippen MR) is 76.7 cm³/mol. The highest BCUT2D eigenvalue weighted by atomic mass is 16.7. The van der Waals surface area contributed by atoms with Crippen LogP contribution in [0.25, 0.3) is 10.9 Å². The summed E-state index contributed by atoms with van der Waals surface area (Å²) in [5.74, 6) is -1.34. The minimum Gasteiger partial charge on any atom is -0.479 e. The van der Waals surface area contributed by atoms with Crippen LogP contribution in [0.5, 0.6) is 5.75 Å². The van der Waals surface area contributed by atoms with Crippen molar-refractivity contribution in [2.45, 2.75) is 30.7 Å². The molecular formula is C15H15NO7. The molecule has 0 saturated carbocycles. The number of nitrogens with zero attached hydrogens (tertiary/aromatic N) is 1. The number of hydrogen-bond acceptors (Lipinski definition) is 7. The predicted octanol–water partition coefficient (Wildman–Crippen LogP) is -0.494. The van der Waals surface area contributed by atoms with Gasteiger partial charge in [0.1, 0.15) is 29.6 Å². The fourth-order valence-corrected chi connectivity index (χ4v) is 2.39. The molecule has 2 heterocycles. The lowest BCUT2D eigenvalue weighted by molar-refractivity contribution is -0.270. The van der Waals surface area contributed by atoms with Crippen molar-refractivity contribution in [1.29, 1.82) is 0 Å². The third-order valence-electron chi connectivity index (χ3n) is 3.60. The molecule has 5 atom stereocenters. The van der Waals surface area contributed by atoms with E-state index in [1.807, 2.05) is 0 Å². The van der Waals surface area contributed by atoms with Gasteiger partial charge in [0.25, 0.3) is 0 Å². The van der Waals surface area contributed by atoms with Gasteiger partial charge in [-0.25, -0.2) is 4.79 Å². The van der Waals surface area contributed by atoms with Gasteiger partial charge < -0.3 is 29.9 Å². The van der Waals surface area contributed by atoms with Crippen LogP contribution < -0.4 is 4.74 Å². The summed E-state index contributed by atoms with van der Waals surface area (Å²) < 4.78 is 18.1. The number of fused-ring (bicyclic) bond motifs is 1. The second-order valence-corrected chi connectivity index (χ2v) is 5.12. The van der Waals surface area contributed by atoms with Gasteiger partial charge in [0.05, 0.1) is 1.37 Å². The molecule has 1 aromatic heterocycles. The number of aromatic nitrogens is 1. The largest absolute Gasteiger partial charge is 0.479 e. The number of aliphatic carboxylic acids is 1. The third kappa shape index (κ3) is 2.84. The van der Waals surface area contributed by atoms with Gasteiger partial charge in [-0.3, -0.25) is 4.98 Å². The summed E-state index contributed by atoms with van der Waals surface area (Å²) in [7, 11) is 0. The lowest BCUT2D eigenvalue weighted by atomic mass is 9.99. The molecule has 122 valence electrons. The molecule has 1 aliphatic heterocycles. The average Bonchev–Trinajstić information content (AvgIpc) is 2.55. The second-order valence-electron chi connectivity index (χ2n) is 5.12. The number of aliphatic hydroxyl groups excluding tert-OH is 3. The minimum absolute atomic E-state index is 0.00234. The topological polar surface area (TPSA) is 129 Å². The first-order chi connectivity index (χ1) is 11.4. The Labute approximate surface area is 131 Å². The molecule has 0 aliphatic carbocycles. The summed E-state index contributed by atoms with van der Waals surface area (Å²) >= 11 is 0. The SMILES string of the molecule is [2H]c1ccc2cccc(OC3O[C@H](C(=O)O)[C@@H](O)[C@H](O)[C@H]3O)c2n1. The Hall–Kier alpha value is -2.26. The number of carboxylic acid groups (broad SMARTS) is 1. The summed E-state index contributed by atoms with van der Waals surface area (Å²) in [5.41, 5.74) is 0.327. The van der Waals surface area contributed by atoms with E-state index in [9.17, 15) is 20.1 Å². The highest BCUT2D eigenvalue weighted by molar-refractivity contribution is 5.84. The number of hydrogen-bond donors (Lipinski definition) is 4. The number of rotatable bonds is 3. The molecule has 0 radical (unpaired) electrons. The third-order valence-corrected chi connectivity index (χ3v) is 3.60. The molecule has 23 heavy (non-hydrogen) atoms. The Kier molecular flexibility index (Phi) is 3.80. The van der Waals surface area contributed by atoms with E-state index in [1.54, 1.807) is 18.2 Å². The summed E-state index contributed by atoms with van der Waals surface area (Å²) in [6.07, 6.45) is -8.47. The lowest BCUT2D eigenvalue weighted by Crippen LogP contribution is -2.61. The maximum atomic E-state index is 11.1. The fourth-order valence-electron chi connectivity index (χ4n) is 2.39. The average molecular weight is 322 g/mol. The summed E-state index contributed by atoms with van der Waals surface area (Å²) in [5, 5.41) is 39.2. The molecule has 3 rings (SSSR count). The van der Waals surface area contributed by atoms with E-state index in [1.165, 1.54) is 12.1 Å². The molecular weight excluding hydrogens is 306 g/mol.